The summed E-state index contributed by atoms with van der Waals surface area (Å²) in [5, 5.41) is 1.83. The fourth-order valence-electron chi connectivity index (χ4n) is 1.42. The van der Waals surface area contributed by atoms with E-state index in [2.05, 4.69) is 27.8 Å². The van der Waals surface area contributed by atoms with E-state index in [1.54, 1.807) is 0 Å². The summed E-state index contributed by atoms with van der Waals surface area (Å²) in [6, 6.07) is 5.94. The van der Waals surface area contributed by atoms with E-state index < -0.39 is 0 Å². The van der Waals surface area contributed by atoms with Gasteiger partial charge in [0.2, 0.25) is 0 Å². The van der Waals surface area contributed by atoms with Crippen LogP contribution in [0.2, 0.25) is 5.02 Å². The van der Waals surface area contributed by atoms with Gasteiger partial charge in [0, 0.05) is 16.1 Å². The molecular weight excluding hydrogens is 261 g/mol. The Hall–Kier alpha value is -0.600. The lowest BCUT2D eigenvalue weighted by Crippen LogP contribution is -1.87. The van der Waals surface area contributed by atoms with Crippen LogP contribution in [-0.4, -0.2) is 4.98 Å². The molecule has 0 atom stereocenters. The molecule has 0 N–H and O–H groups in total. The maximum absolute atomic E-state index is 6.25. The molecule has 14 heavy (non-hydrogen) atoms. The number of aryl methyl sites for hydroxylation is 1. The summed E-state index contributed by atoms with van der Waals surface area (Å²) >= 11 is 9.68. The summed E-state index contributed by atoms with van der Waals surface area (Å²) < 4.78 is 1.03. The van der Waals surface area contributed by atoms with E-state index in [1.807, 2.05) is 24.4 Å². The first-order chi connectivity index (χ1) is 6.72. The Morgan fingerprint density at radius 3 is 2.93 bits per heavy atom. The molecule has 0 saturated heterocycles. The van der Waals surface area contributed by atoms with Crippen molar-refractivity contribution in [1.29, 1.82) is 0 Å². The largest absolute Gasteiger partial charge is 0.256 e. The van der Waals surface area contributed by atoms with E-state index in [1.165, 1.54) is 0 Å². The van der Waals surface area contributed by atoms with E-state index in [-0.39, 0.29) is 0 Å². The number of halogens is 2. The number of fused-ring (bicyclic) bond motifs is 1. The fraction of sp³-hybridized carbons (Fsp3) is 0.182. The lowest BCUT2D eigenvalue weighted by Gasteiger charge is -2.04. The van der Waals surface area contributed by atoms with Crippen LogP contribution in [0.4, 0.5) is 0 Å². The number of pyridine rings is 1. The standard InChI is InChI=1S/C11H9BrClN/c1-2-7-6-14-10-4-3-8(12)5-9(10)11(7)13/h3-6H,2H2,1H3. The van der Waals surface area contributed by atoms with Gasteiger partial charge in [-0.3, -0.25) is 4.98 Å². The second-order valence-electron chi connectivity index (χ2n) is 3.11. The summed E-state index contributed by atoms with van der Waals surface area (Å²) in [5.74, 6) is 0. The minimum atomic E-state index is 0.818. The van der Waals surface area contributed by atoms with E-state index in [0.717, 1.165) is 32.4 Å². The molecule has 1 nitrogen and oxygen atoms in total. The third-order valence-corrected chi connectivity index (χ3v) is 3.16. The van der Waals surface area contributed by atoms with Crippen LogP contribution in [0.15, 0.2) is 28.9 Å². The molecule has 3 heteroatoms. The molecular formula is C11H9BrClN. The molecule has 1 heterocycles. The molecule has 0 spiro atoms. The van der Waals surface area contributed by atoms with Gasteiger partial charge >= 0.3 is 0 Å². The van der Waals surface area contributed by atoms with E-state index in [0.29, 0.717) is 0 Å². The fourth-order valence-corrected chi connectivity index (χ4v) is 2.12. The molecule has 0 radical (unpaired) electrons. The highest BCUT2D eigenvalue weighted by atomic mass is 79.9. The number of hydrogen-bond donors (Lipinski definition) is 0. The number of hydrogen-bond acceptors (Lipinski definition) is 1. The minimum Gasteiger partial charge on any atom is -0.256 e. The summed E-state index contributed by atoms with van der Waals surface area (Å²) in [5.41, 5.74) is 2.03. The zero-order valence-electron chi connectivity index (χ0n) is 7.72. The average Bonchev–Trinajstić information content (AvgIpc) is 2.20. The first-order valence-corrected chi connectivity index (χ1v) is 5.62. The van der Waals surface area contributed by atoms with Crippen molar-refractivity contribution in [1.82, 2.24) is 4.98 Å². The highest BCUT2D eigenvalue weighted by molar-refractivity contribution is 9.10. The SMILES string of the molecule is CCc1cnc2ccc(Br)cc2c1Cl. The van der Waals surface area contributed by atoms with Crippen LogP contribution in [0.5, 0.6) is 0 Å². The summed E-state index contributed by atoms with van der Waals surface area (Å²) in [6.45, 7) is 2.08. The average molecular weight is 271 g/mol. The molecule has 0 aliphatic carbocycles. The molecule has 0 aliphatic heterocycles. The normalized spacial score (nSPS) is 10.8. The monoisotopic (exact) mass is 269 g/mol. The van der Waals surface area contributed by atoms with Gasteiger partial charge in [-0.15, -0.1) is 0 Å². The molecule has 1 aromatic carbocycles. The Balaban J connectivity index is 2.79. The Bertz CT molecular complexity index is 482. The first-order valence-electron chi connectivity index (χ1n) is 4.45. The van der Waals surface area contributed by atoms with Crippen molar-refractivity contribution in [2.24, 2.45) is 0 Å². The van der Waals surface area contributed by atoms with Crippen molar-refractivity contribution >= 4 is 38.4 Å². The number of nitrogens with zero attached hydrogens (tertiary/aromatic N) is 1. The van der Waals surface area contributed by atoms with Crippen LogP contribution in [-0.2, 0) is 6.42 Å². The Kier molecular flexibility index (Phi) is 2.75. The molecule has 0 unspecified atom stereocenters. The molecule has 0 aliphatic rings. The highest BCUT2D eigenvalue weighted by Gasteiger charge is 2.05. The van der Waals surface area contributed by atoms with Crippen LogP contribution in [0.1, 0.15) is 12.5 Å². The second kappa shape index (κ2) is 3.87. The van der Waals surface area contributed by atoms with E-state index in [9.17, 15) is 0 Å². The molecule has 1 aromatic heterocycles. The van der Waals surface area contributed by atoms with Crippen molar-refractivity contribution in [3.63, 3.8) is 0 Å². The van der Waals surface area contributed by atoms with Crippen molar-refractivity contribution in [3.8, 4) is 0 Å². The lowest BCUT2D eigenvalue weighted by molar-refractivity contribution is 1.12. The minimum absolute atomic E-state index is 0.818. The topological polar surface area (TPSA) is 12.9 Å². The van der Waals surface area contributed by atoms with Crippen LogP contribution in [0, 0.1) is 0 Å². The van der Waals surface area contributed by atoms with Crippen LogP contribution < -0.4 is 0 Å². The van der Waals surface area contributed by atoms with Crippen molar-refractivity contribution < 1.29 is 0 Å². The molecule has 0 amide bonds. The third kappa shape index (κ3) is 1.64. The lowest BCUT2D eigenvalue weighted by atomic mass is 10.1. The van der Waals surface area contributed by atoms with Crippen molar-refractivity contribution in [2.45, 2.75) is 13.3 Å². The van der Waals surface area contributed by atoms with Gasteiger partial charge in [-0.1, -0.05) is 34.5 Å². The highest BCUT2D eigenvalue weighted by Crippen LogP contribution is 2.28. The van der Waals surface area contributed by atoms with E-state index >= 15 is 0 Å². The Labute approximate surface area is 96.2 Å². The van der Waals surface area contributed by atoms with E-state index in [4.69, 9.17) is 11.6 Å². The maximum Gasteiger partial charge on any atom is 0.0717 e. The van der Waals surface area contributed by atoms with Crippen molar-refractivity contribution in [2.75, 3.05) is 0 Å². The summed E-state index contributed by atoms with van der Waals surface area (Å²) in [7, 11) is 0. The quantitative estimate of drug-likeness (QED) is 0.756. The van der Waals surface area contributed by atoms with Gasteiger partial charge in [0.1, 0.15) is 0 Å². The molecule has 2 rings (SSSR count). The molecule has 0 fully saturated rings. The number of rotatable bonds is 1. The van der Waals surface area contributed by atoms with Crippen LogP contribution >= 0.6 is 27.5 Å². The zero-order chi connectivity index (χ0) is 10.1. The Morgan fingerprint density at radius 2 is 2.21 bits per heavy atom. The smallest absolute Gasteiger partial charge is 0.0717 e. The Morgan fingerprint density at radius 1 is 1.43 bits per heavy atom. The van der Waals surface area contributed by atoms with Gasteiger partial charge < -0.3 is 0 Å². The van der Waals surface area contributed by atoms with Gasteiger partial charge in [0.15, 0.2) is 0 Å². The molecule has 2 aromatic rings. The maximum atomic E-state index is 6.25. The second-order valence-corrected chi connectivity index (χ2v) is 4.41. The third-order valence-electron chi connectivity index (χ3n) is 2.22. The molecule has 0 saturated carbocycles. The molecule has 0 bridgehead atoms. The van der Waals surface area contributed by atoms with Crippen molar-refractivity contribution in [3.05, 3.63) is 39.5 Å². The number of benzene rings is 1. The van der Waals surface area contributed by atoms with Crippen LogP contribution in [0.25, 0.3) is 10.9 Å². The van der Waals surface area contributed by atoms with Crippen LogP contribution in [0.3, 0.4) is 0 Å². The van der Waals surface area contributed by atoms with Gasteiger partial charge in [0.05, 0.1) is 10.5 Å². The molecule has 72 valence electrons. The van der Waals surface area contributed by atoms with Gasteiger partial charge in [-0.25, -0.2) is 0 Å². The number of aromatic nitrogens is 1. The van der Waals surface area contributed by atoms with Gasteiger partial charge in [-0.05, 0) is 30.2 Å². The predicted octanol–water partition coefficient (Wildman–Crippen LogP) is 4.21. The summed E-state index contributed by atoms with van der Waals surface area (Å²) in [6.07, 6.45) is 2.76. The van der Waals surface area contributed by atoms with Gasteiger partial charge in [0.25, 0.3) is 0 Å². The summed E-state index contributed by atoms with van der Waals surface area (Å²) in [4.78, 5) is 4.35. The van der Waals surface area contributed by atoms with Gasteiger partial charge in [-0.2, -0.15) is 0 Å². The first kappa shape index (κ1) is 9.94. The zero-order valence-corrected chi connectivity index (χ0v) is 10.1. The predicted molar refractivity (Wildman–Crippen MR) is 63.8 cm³/mol.